The van der Waals surface area contributed by atoms with Crippen LogP contribution in [0.25, 0.3) is 0 Å². The van der Waals surface area contributed by atoms with Gasteiger partial charge in [0.2, 0.25) is 0 Å². The third-order valence-electron chi connectivity index (χ3n) is 4.74. The van der Waals surface area contributed by atoms with Crippen LogP contribution >= 0.6 is 12.4 Å². The monoisotopic (exact) mass is 418 g/mol. The van der Waals surface area contributed by atoms with Crippen LogP contribution in [-0.2, 0) is 9.59 Å². The van der Waals surface area contributed by atoms with E-state index in [0.29, 0.717) is 0 Å². The first-order valence-corrected chi connectivity index (χ1v) is 8.48. The van der Waals surface area contributed by atoms with Crippen molar-refractivity contribution in [3.63, 3.8) is 0 Å². The number of nitrogens with one attached hydrogen (secondary N) is 5. The Labute approximate surface area is 168 Å². The van der Waals surface area contributed by atoms with Crippen LogP contribution in [0.4, 0.5) is 9.59 Å². The zero-order valence-corrected chi connectivity index (χ0v) is 17.0. The lowest BCUT2D eigenvalue weighted by Gasteiger charge is -2.31. The van der Waals surface area contributed by atoms with Crippen molar-refractivity contribution in [2.45, 2.75) is 44.9 Å². The van der Waals surface area contributed by atoms with E-state index in [2.05, 4.69) is 21.3 Å². The minimum atomic E-state index is -1.02. The number of rotatable bonds is 6. The summed E-state index contributed by atoms with van der Waals surface area (Å²) in [4.78, 5) is 49.7. The van der Waals surface area contributed by atoms with Gasteiger partial charge in [0.15, 0.2) is 5.96 Å². The molecule has 1 atom stereocenters. The van der Waals surface area contributed by atoms with Crippen molar-refractivity contribution in [3.05, 3.63) is 0 Å². The van der Waals surface area contributed by atoms with Crippen LogP contribution in [-0.4, -0.2) is 76.5 Å². The van der Waals surface area contributed by atoms with E-state index < -0.39 is 35.2 Å². The fraction of sp³-hybridized carbons (Fsp3) is 0.667. The molecule has 13 heteroatoms. The van der Waals surface area contributed by atoms with Crippen LogP contribution in [0.15, 0.2) is 0 Å². The van der Waals surface area contributed by atoms with Crippen molar-refractivity contribution in [2.24, 2.45) is 5.73 Å². The molecule has 2 heterocycles. The first-order chi connectivity index (χ1) is 12.4. The Bertz CT molecular complexity index is 696. The molecule has 0 bridgehead atoms. The molecule has 28 heavy (non-hydrogen) atoms. The van der Waals surface area contributed by atoms with Gasteiger partial charge in [-0.1, -0.05) is 0 Å². The summed E-state index contributed by atoms with van der Waals surface area (Å²) in [5.41, 5.74) is 3.94. The van der Waals surface area contributed by atoms with Crippen molar-refractivity contribution in [3.8, 4) is 0 Å². The van der Waals surface area contributed by atoms with E-state index in [4.69, 9.17) is 11.1 Å². The number of hydrogen-bond acceptors (Lipinski definition) is 6. The van der Waals surface area contributed by atoms with Gasteiger partial charge in [-0.15, -0.1) is 12.4 Å². The Hall–Kier alpha value is -2.60. The van der Waals surface area contributed by atoms with Gasteiger partial charge >= 0.3 is 12.1 Å². The van der Waals surface area contributed by atoms with Gasteiger partial charge in [-0.25, -0.2) is 9.59 Å². The summed E-state index contributed by atoms with van der Waals surface area (Å²) in [5.74, 6) is -0.882. The van der Waals surface area contributed by atoms with E-state index >= 15 is 0 Å². The maximum Gasteiger partial charge on any atom is 0.325 e. The average molecular weight is 419 g/mol. The predicted octanol–water partition coefficient (Wildman–Crippen LogP) is -1.53. The average Bonchev–Trinajstić information content (AvgIpc) is 2.84. The molecule has 1 unspecified atom stereocenters. The van der Waals surface area contributed by atoms with E-state index in [1.807, 2.05) is 0 Å². The summed E-state index contributed by atoms with van der Waals surface area (Å²) in [6, 6.07) is -1.01. The molecule has 2 rings (SSSR count). The molecule has 0 spiro atoms. The lowest BCUT2D eigenvalue weighted by atomic mass is 10.0. The minimum absolute atomic E-state index is 0. The van der Waals surface area contributed by atoms with Crippen LogP contribution in [0, 0.1) is 5.41 Å². The molecule has 6 amide bonds. The third kappa shape index (κ3) is 4.44. The highest BCUT2D eigenvalue weighted by atomic mass is 35.5. The number of guanidine groups is 1. The van der Waals surface area contributed by atoms with Crippen molar-refractivity contribution in [2.75, 3.05) is 19.6 Å². The van der Waals surface area contributed by atoms with E-state index in [1.54, 1.807) is 27.7 Å². The Morgan fingerprint density at radius 1 is 1.04 bits per heavy atom. The second-order valence-corrected chi connectivity index (χ2v) is 7.45. The zero-order valence-electron chi connectivity index (χ0n) is 16.2. The van der Waals surface area contributed by atoms with Crippen LogP contribution < -0.4 is 27.0 Å². The second kappa shape index (κ2) is 8.19. The highest BCUT2D eigenvalue weighted by molar-refractivity contribution is 6.07. The number of nitrogens with zero attached hydrogens (tertiary/aromatic N) is 2. The van der Waals surface area contributed by atoms with E-state index in [0.717, 1.165) is 0 Å². The van der Waals surface area contributed by atoms with Crippen LogP contribution in [0.1, 0.15) is 27.7 Å². The Morgan fingerprint density at radius 2 is 1.50 bits per heavy atom. The number of urea groups is 2. The summed E-state index contributed by atoms with van der Waals surface area (Å²) in [6.07, 6.45) is -0.783. The largest absolute Gasteiger partial charge is 0.355 e. The van der Waals surface area contributed by atoms with Gasteiger partial charge in [0.25, 0.3) is 11.8 Å². The number of imide groups is 2. The van der Waals surface area contributed by atoms with Gasteiger partial charge in [0.05, 0.1) is 12.7 Å². The molecule has 2 saturated heterocycles. The van der Waals surface area contributed by atoms with E-state index in [-0.39, 0.29) is 43.9 Å². The first-order valence-electron chi connectivity index (χ1n) is 8.48. The number of amides is 6. The van der Waals surface area contributed by atoms with Crippen molar-refractivity contribution < 1.29 is 19.2 Å². The maximum absolute atomic E-state index is 11.8. The molecule has 2 aliphatic heterocycles. The first kappa shape index (κ1) is 23.4. The SMILES string of the molecule is CC1(C)C(=O)NC(=O)N1CCNC(=N)NC(N)CN1C(=O)NC(=O)C1(C)C.Cl. The quantitative estimate of drug-likeness (QED) is 0.131. The number of carbonyl (C=O) groups excluding carboxylic acids is 4. The zero-order chi connectivity index (χ0) is 20.6. The summed E-state index contributed by atoms with van der Waals surface area (Å²) >= 11 is 0. The molecule has 0 aromatic rings. The second-order valence-electron chi connectivity index (χ2n) is 7.45. The molecule has 0 aliphatic carbocycles. The maximum atomic E-state index is 11.8. The van der Waals surface area contributed by atoms with E-state index in [9.17, 15) is 19.2 Å². The Morgan fingerprint density at radius 3 is 1.93 bits per heavy atom. The van der Waals surface area contributed by atoms with Crippen LogP contribution in [0.2, 0.25) is 0 Å². The molecule has 0 aromatic heterocycles. The van der Waals surface area contributed by atoms with Gasteiger partial charge in [-0.2, -0.15) is 0 Å². The minimum Gasteiger partial charge on any atom is -0.355 e. The molecule has 0 aromatic carbocycles. The fourth-order valence-corrected chi connectivity index (χ4v) is 2.85. The highest BCUT2D eigenvalue weighted by Crippen LogP contribution is 2.21. The molecule has 0 radical (unpaired) electrons. The van der Waals surface area contributed by atoms with Crippen molar-refractivity contribution >= 4 is 42.2 Å². The number of halogens is 1. The topological polar surface area (TPSA) is 173 Å². The highest BCUT2D eigenvalue weighted by Gasteiger charge is 2.46. The standard InChI is InChI=1S/C15H26N8O4.ClH/c1-14(2)9(24)20-12(26)22(14)6-5-18-11(17)19-8(16)7-23-13(27)21-10(25)15(23,3)4;/h8H,5-7,16H2,1-4H3,(H3,17,18,19)(H,20,24,26)(H,21,25,27);1H. The van der Waals surface area contributed by atoms with E-state index in [1.165, 1.54) is 9.80 Å². The normalized spacial score (nSPS) is 21.0. The summed E-state index contributed by atoms with van der Waals surface area (Å²) in [5, 5.41) is 17.8. The van der Waals surface area contributed by atoms with Gasteiger partial charge in [0.1, 0.15) is 11.1 Å². The molecule has 0 saturated carbocycles. The molecule has 158 valence electrons. The lowest BCUT2D eigenvalue weighted by molar-refractivity contribution is -0.125. The van der Waals surface area contributed by atoms with Gasteiger partial charge in [-0.3, -0.25) is 25.6 Å². The van der Waals surface area contributed by atoms with Crippen molar-refractivity contribution in [1.29, 1.82) is 5.41 Å². The summed E-state index contributed by atoms with van der Waals surface area (Å²) in [6.45, 7) is 6.93. The number of nitrogens with two attached hydrogens (primary N) is 1. The molecule has 12 nitrogen and oxygen atoms in total. The number of carbonyl (C=O) groups is 4. The van der Waals surface area contributed by atoms with Gasteiger partial charge < -0.3 is 26.2 Å². The third-order valence-corrected chi connectivity index (χ3v) is 4.74. The van der Waals surface area contributed by atoms with Crippen LogP contribution in [0.5, 0.6) is 0 Å². The summed E-state index contributed by atoms with van der Waals surface area (Å²) < 4.78 is 0. The predicted molar refractivity (Wildman–Crippen MR) is 103 cm³/mol. The van der Waals surface area contributed by atoms with Gasteiger partial charge in [0, 0.05) is 13.1 Å². The molecule has 2 fully saturated rings. The summed E-state index contributed by atoms with van der Waals surface area (Å²) in [7, 11) is 0. The molecule has 7 N–H and O–H groups in total. The smallest absolute Gasteiger partial charge is 0.325 e. The van der Waals surface area contributed by atoms with Crippen LogP contribution in [0.3, 0.4) is 0 Å². The lowest BCUT2D eigenvalue weighted by Crippen LogP contribution is -2.57. The van der Waals surface area contributed by atoms with Gasteiger partial charge in [-0.05, 0) is 27.7 Å². The Kier molecular flexibility index (Phi) is 6.85. The molecular weight excluding hydrogens is 392 g/mol. The molecule has 2 aliphatic rings. The molecular formula is C15H27ClN8O4. The van der Waals surface area contributed by atoms with Crippen molar-refractivity contribution in [1.82, 2.24) is 31.1 Å². The fourth-order valence-electron chi connectivity index (χ4n) is 2.85. The Balaban J connectivity index is 0.00000392. The number of hydrogen-bond donors (Lipinski definition) is 6.